The highest BCUT2D eigenvalue weighted by molar-refractivity contribution is 7.13. The maximum absolute atomic E-state index is 14.1. The molecule has 0 spiro atoms. The minimum Gasteiger partial charge on any atom is -0.496 e. The van der Waals surface area contributed by atoms with E-state index in [0.29, 0.717) is 98.8 Å². The Morgan fingerprint density at radius 2 is 1.43 bits per heavy atom. The first-order valence-corrected chi connectivity index (χ1v) is 30.0. The van der Waals surface area contributed by atoms with Crippen molar-refractivity contribution in [3.05, 3.63) is 144 Å². The molecule has 3 atom stereocenters. The van der Waals surface area contributed by atoms with E-state index < -0.39 is 52.6 Å². The van der Waals surface area contributed by atoms with E-state index in [2.05, 4.69) is 48.3 Å². The maximum Gasteiger partial charge on any atom is 0.246 e. The average molecular weight is 1190 g/mol. The van der Waals surface area contributed by atoms with E-state index in [-0.39, 0.29) is 43.7 Å². The molecule has 1 aliphatic carbocycles. The number of thiazole rings is 1. The molecule has 3 fully saturated rings. The Morgan fingerprint density at radius 1 is 0.779 bits per heavy atom. The number of rotatable bonds is 21. The van der Waals surface area contributed by atoms with E-state index >= 15 is 0 Å². The number of hydrogen-bond acceptors (Lipinski definition) is 13. The molecule has 0 unspecified atom stereocenters. The summed E-state index contributed by atoms with van der Waals surface area (Å²) in [5.41, 5.74) is 7.26. The third kappa shape index (κ3) is 14.1. The first-order chi connectivity index (χ1) is 41.3. The van der Waals surface area contributed by atoms with Gasteiger partial charge in [0.1, 0.15) is 40.6 Å². The Balaban J connectivity index is 0.653. The molecule has 6 amide bonds. The smallest absolute Gasteiger partial charge is 0.246 e. The Bertz CT molecular complexity index is 3600. The highest BCUT2D eigenvalue weighted by Gasteiger charge is 2.56. The predicted octanol–water partition coefficient (Wildman–Crippen LogP) is 10.0. The summed E-state index contributed by atoms with van der Waals surface area (Å²) in [7, 11) is 1.62. The lowest BCUT2D eigenvalue weighted by molar-refractivity contribution is -0.144. The van der Waals surface area contributed by atoms with Crippen LogP contribution in [0.25, 0.3) is 32.5 Å². The molecule has 4 heterocycles. The van der Waals surface area contributed by atoms with Crippen molar-refractivity contribution < 1.29 is 47.7 Å². The van der Waals surface area contributed by atoms with Crippen LogP contribution in [-0.2, 0) is 35.3 Å². The van der Waals surface area contributed by atoms with E-state index in [9.17, 15) is 38.3 Å². The quantitative estimate of drug-likeness (QED) is 0.0335. The number of β-amino-alcohol motifs (C(OH)–C–C–N with tert-alkyl or cyclic N) is 1. The van der Waals surface area contributed by atoms with Crippen LogP contribution >= 0.6 is 11.3 Å². The lowest BCUT2D eigenvalue weighted by Gasteiger charge is -2.36. The molecule has 7 aromatic rings. The van der Waals surface area contributed by atoms with Gasteiger partial charge in [-0.25, -0.2) is 9.37 Å². The van der Waals surface area contributed by atoms with Crippen molar-refractivity contribution in [1.29, 1.82) is 0 Å². The summed E-state index contributed by atoms with van der Waals surface area (Å²) in [4.78, 5) is 96.3. The van der Waals surface area contributed by atoms with Crippen LogP contribution in [0, 0.1) is 23.6 Å². The molecule has 5 N–H and O–H groups in total. The number of carbonyl (C=O) groups is 6. The third-order valence-electron chi connectivity index (χ3n) is 16.3. The predicted molar refractivity (Wildman–Crippen MR) is 329 cm³/mol. The number of piperazine rings is 1. The topological polar surface area (TPSA) is 225 Å². The zero-order chi connectivity index (χ0) is 60.7. The van der Waals surface area contributed by atoms with Gasteiger partial charge in [0.15, 0.2) is 0 Å². The van der Waals surface area contributed by atoms with Crippen LogP contribution in [0.2, 0.25) is 0 Å². The zero-order valence-corrected chi connectivity index (χ0v) is 49.8. The standard InChI is InChI=1S/C66H72FN9O9S/c1-41-59(86-40-70-41)44-13-11-42(12-14-44)38-69-61(80)54-35-49(77)39-76(54)62(81)60(65(2,3)4)73-57(78)9-7-6-8-10-58(79)75-33-31-74(32-34-75)48-23-15-43(16-24-48)51-36-53-52(37-56(51)84-5)55(27-30-68-53)85-50-25-21-47(22-26-50)72-64(83)66(28-29-66)63(82)71-46-19-17-45(67)18-20-46/h11-27,30,36-37,40,49,54,60,77H,6-10,28-29,31-35,38-39H2,1-5H3,(H,69,80)(H,71,82)(H,72,83)(H,73,78)/t49-,54+,60-/m1/s1. The van der Waals surface area contributed by atoms with E-state index in [0.717, 1.165) is 43.9 Å². The van der Waals surface area contributed by atoms with Crippen LogP contribution in [0.5, 0.6) is 17.2 Å². The molecule has 86 heavy (non-hydrogen) atoms. The van der Waals surface area contributed by atoms with Crippen molar-refractivity contribution in [3.8, 4) is 38.8 Å². The number of nitrogens with one attached hydrogen (secondary N) is 4. The molecule has 1 saturated carbocycles. The minimum absolute atomic E-state index is 0.00917. The number of fused-ring (bicyclic) bond motifs is 1. The molecule has 2 aliphatic heterocycles. The number of aliphatic hydroxyl groups excluding tert-OH is 1. The number of unbranched alkanes of at least 4 members (excludes halogenated alkanes) is 2. The summed E-state index contributed by atoms with van der Waals surface area (Å²) in [5.74, 6) is -0.550. The first kappa shape index (κ1) is 60.4. The monoisotopic (exact) mass is 1190 g/mol. The number of pyridine rings is 1. The second kappa shape index (κ2) is 26.3. The van der Waals surface area contributed by atoms with Crippen molar-refractivity contribution in [1.82, 2.24) is 30.4 Å². The summed E-state index contributed by atoms with van der Waals surface area (Å²) >= 11 is 1.57. The lowest BCUT2D eigenvalue weighted by Crippen LogP contribution is -2.57. The maximum atomic E-state index is 14.1. The van der Waals surface area contributed by atoms with E-state index in [1.54, 1.807) is 55.0 Å². The zero-order valence-electron chi connectivity index (χ0n) is 49.0. The molecule has 5 aromatic carbocycles. The highest BCUT2D eigenvalue weighted by Crippen LogP contribution is 2.48. The minimum atomic E-state index is -1.19. The van der Waals surface area contributed by atoms with Crippen LogP contribution in [0.1, 0.15) is 83.4 Å². The third-order valence-corrected chi connectivity index (χ3v) is 17.2. The van der Waals surface area contributed by atoms with Gasteiger partial charge in [-0.3, -0.25) is 33.8 Å². The number of benzene rings is 5. The largest absolute Gasteiger partial charge is 0.496 e. The molecule has 0 radical (unpaired) electrons. The Kier molecular flexibility index (Phi) is 18.4. The van der Waals surface area contributed by atoms with Crippen molar-refractivity contribution >= 4 is 74.7 Å². The number of nitrogens with zero attached hydrogens (tertiary/aromatic N) is 5. The summed E-state index contributed by atoms with van der Waals surface area (Å²) in [6.07, 6.45) is 4.09. The van der Waals surface area contributed by atoms with Crippen molar-refractivity contribution in [2.24, 2.45) is 10.8 Å². The van der Waals surface area contributed by atoms with Gasteiger partial charge in [-0.2, -0.15) is 0 Å². The number of aromatic nitrogens is 2. The van der Waals surface area contributed by atoms with Crippen molar-refractivity contribution in [2.45, 2.75) is 104 Å². The Labute approximate surface area is 503 Å². The van der Waals surface area contributed by atoms with Crippen LogP contribution in [0.4, 0.5) is 21.5 Å². The molecule has 2 aromatic heterocycles. The molecule has 2 saturated heterocycles. The van der Waals surface area contributed by atoms with Gasteiger partial charge in [0, 0.05) is 92.7 Å². The molecule has 0 bridgehead atoms. The number of methoxy groups -OCH3 is 1. The molecule has 20 heteroatoms. The summed E-state index contributed by atoms with van der Waals surface area (Å²) < 4.78 is 25.6. The fraction of sp³-hybridized carbons (Fsp3) is 0.364. The number of ether oxygens (including phenoxy) is 2. The molecular formula is C66H72FN9O9S. The molecule has 18 nitrogen and oxygen atoms in total. The number of halogens is 1. The number of anilines is 3. The highest BCUT2D eigenvalue weighted by atomic mass is 32.1. The summed E-state index contributed by atoms with van der Waals surface area (Å²) in [5, 5.41) is 22.9. The number of carbonyl (C=O) groups excluding carboxylic acids is 6. The van der Waals surface area contributed by atoms with Gasteiger partial charge in [-0.1, -0.05) is 63.6 Å². The van der Waals surface area contributed by atoms with Gasteiger partial charge >= 0.3 is 0 Å². The number of likely N-dealkylation sites (tertiary alicyclic amines) is 1. The van der Waals surface area contributed by atoms with E-state index in [1.165, 1.54) is 29.2 Å². The fourth-order valence-electron chi connectivity index (χ4n) is 11.1. The molecule has 3 aliphatic rings. The van der Waals surface area contributed by atoms with Crippen LogP contribution in [-0.4, -0.2) is 118 Å². The Morgan fingerprint density at radius 3 is 2.06 bits per heavy atom. The second-order valence-electron chi connectivity index (χ2n) is 23.4. The molecule has 10 rings (SSSR count). The van der Waals surface area contributed by atoms with Gasteiger partial charge in [0.05, 0.1) is 34.8 Å². The second-order valence-corrected chi connectivity index (χ2v) is 24.3. The van der Waals surface area contributed by atoms with Gasteiger partial charge in [-0.15, -0.1) is 11.3 Å². The van der Waals surface area contributed by atoms with E-state index in [1.807, 2.05) is 86.6 Å². The summed E-state index contributed by atoms with van der Waals surface area (Å²) in [6.45, 7) is 10.3. The number of amides is 6. The Hall–Kier alpha value is -8.75. The number of aliphatic hydroxyl groups is 1. The van der Waals surface area contributed by atoms with Crippen LogP contribution in [0.3, 0.4) is 0 Å². The van der Waals surface area contributed by atoms with Gasteiger partial charge in [0.25, 0.3) is 0 Å². The van der Waals surface area contributed by atoms with E-state index in [4.69, 9.17) is 9.47 Å². The van der Waals surface area contributed by atoms with Gasteiger partial charge in [-0.05, 0) is 134 Å². The summed E-state index contributed by atoms with van der Waals surface area (Å²) in [6, 6.07) is 32.2. The average Bonchev–Trinajstić information content (AvgIpc) is 1.67. The number of hydrogen-bond donors (Lipinski definition) is 5. The molecular weight excluding hydrogens is 1110 g/mol. The normalized spacial score (nSPS) is 16.7. The van der Waals surface area contributed by atoms with Crippen molar-refractivity contribution in [2.75, 3.05) is 55.4 Å². The number of aryl methyl sites for hydroxylation is 1. The first-order valence-electron chi connectivity index (χ1n) is 29.2. The fourth-order valence-corrected chi connectivity index (χ4v) is 11.9. The molecule has 448 valence electrons. The van der Waals surface area contributed by atoms with Crippen LogP contribution in [0.15, 0.2) is 127 Å². The van der Waals surface area contributed by atoms with Gasteiger partial charge < -0.3 is 50.5 Å². The SMILES string of the molecule is COc1cc2c(Oc3ccc(NC(=O)C4(C(=O)Nc5ccc(F)cc5)CC4)cc3)ccnc2cc1-c1ccc(N2CCN(C(=O)CCCCCC(=O)N[C@H](C(=O)N3C[C@H](O)C[C@H]3C(=O)NCc3ccc(-c4scnc4C)cc3)C(C)(C)C)CC2)cc1. The van der Waals surface area contributed by atoms with Crippen LogP contribution < -0.4 is 35.6 Å². The van der Waals surface area contributed by atoms with Gasteiger partial charge in [0.2, 0.25) is 35.4 Å². The van der Waals surface area contributed by atoms with Crippen molar-refractivity contribution in [3.63, 3.8) is 0 Å². The lowest BCUT2D eigenvalue weighted by atomic mass is 9.85.